The average Bonchev–Trinajstić information content (AvgIpc) is 3.12. The van der Waals surface area contributed by atoms with Crippen molar-refractivity contribution in [3.63, 3.8) is 0 Å². The lowest BCUT2D eigenvalue weighted by molar-refractivity contribution is -0.127. The highest BCUT2D eigenvalue weighted by molar-refractivity contribution is 5.78. The summed E-state index contributed by atoms with van der Waals surface area (Å²) in [4.78, 5) is 18.7. The van der Waals surface area contributed by atoms with E-state index in [9.17, 15) is 4.79 Å². The largest absolute Gasteiger partial charge is 0.381 e. The summed E-state index contributed by atoms with van der Waals surface area (Å²) < 4.78 is 7.30. The SMILES string of the molecule is Cn1cncc1CN(CCNC(=O)C1CCOCC1)c1ccc(C#N)cc1. The summed E-state index contributed by atoms with van der Waals surface area (Å²) in [5, 5.41) is 12.1. The van der Waals surface area contributed by atoms with E-state index >= 15 is 0 Å². The average molecular weight is 367 g/mol. The minimum absolute atomic E-state index is 0.0548. The number of amides is 1. The number of carbonyl (C=O) groups excluding carboxylic acids is 1. The van der Waals surface area contributed by atoms with Crippen molar-refractivity contribution in [1.82, 2.24) is 14.9 Å². The molecule has 0 bridgehead atoms. The molecule has 1 N–H and O–H groups in total. The third kappa shape index (κ3) is 5.08. The van der Waals surface area contributed by atoms with Crippen LogP contribution in [0.15, 0.2) is 36.8 Å². The van der Waals surface area contributed by atoms with Crippen LogP contribution in [0.25, 0.3) is 0 Å². The number of aryl methyl sites for hydroxylation is 1. The first-order chi connectivity index (χ1) is 13.2. The Morgan fingerprint density at radius 2 is 2.11 bits per heavy atom. The molecule has 7 heteroatoms. The van der Waals surface area contributed by atoms with Gasteiger partial charge >= 0.3 is 0 Å². The lowest BCUT2D eigenvalue weighted by Gasteiger charge is -2.26. The molecule has 3 rings (SSSR count). The van der Waals surface area contributed by atoms with E-state index < -0.39 is 0 Å². The molecular formula is C20H25N5O2. The van der Waals surface area contributed by atoms with Crippen LogP contribution in [0.2, 0.25) is 0 Å². The number of anilines is 1. The molecule has 0 radical (unpaired) electrons. The fraction of sp³-hybridized carbons (Fsp3) is 0.450. The van der Waals surface area contributed by atoms with Crippen molar-refractivity contribution in [2.75, 3.05) is 31.2 Å². The van der Waals surface area contributed by atoms with Crippen LogP contribution in [0.1, 0.15) is 24.1 Å². The van der Waals surface area contributed by atoms with Gasteiger partial charge in [-0.15, -0.1) is 0 Å². The van der Waals surface area contributed by atoms with Gasteiger partial charge in [0.05, 0.1) is 30.2 Å². The van der Waals surface area contributed by atoms with Gasteiger partial charge in [0.15, 0.2) is 0 Å². The van der Waals surface area contributed by atoms with Crippen LogP contribution in [-0.2, 0) is 23.1 Å². The van der Waals surface area contributed by atoms with E-state index in [0.29, 0.717) is 38.4 Å². The Morgan fingerprint density at radius 3 is 2.74 bits per heavy atom. The summed E-state index contributed by atoms with van der Waals surface area (Å²) in [6.07, 6.45) is 5.21. The summed E-state index contributed by atoms with van der Waals surface area (Å²) in [6.45, 7) is 3.24. The maximum absolute atomic E-state index is 12.3. The highest BCUT2D eigenvalue weighted by Gasteiger charge is 2.21. The highest BCUT2D eigenvalue weighted by Crippen LogP contribution is 2.18. The zero-order valence-corrected chi connectivity index (χ0v) is 15.6. The number of nitrogens with one attached hydrogen (secondary N) is 1. The first-order valence-corrected chi connectivity index (χ1v) is 9.23. The molecule has 0 saturated carbocycles. The summed E-state index contributed by atoms with van der Waals surface area (Å²) in [7, 11) is 1.96. The maximum atomic E-state index is 12.3. The Bertz CT molecular complexity index is 787. The molecule has 0 aliphatic carbocycles. The number of carbonyl (C=O) groups is 1. The van der Waals surface area contributed by atoms with E-state index in [2.05, 4.69) is 21.3 Å². The zero-order chi connectivity index (χ0) is 19.1. The first kappa shape index (κ1) is 18.9. The topological polar surface area (TPSA) is 83.2 Å². The lowest BCUT2D eigenvalue weighted by atomic mass is 9.99. The molecule has 0 spiro atoms. The quantitative estimate of drug-likeness (QED) is 0.807. The molecule has 1 aliphatic heterocycles. The van der Waals surface area contributed by atoms with Crippen molar-refractivity contribution in [3.05, 3.63) is 48.0 Å². The van der Waals surface area contributed by atoms with Crippen molar-refractivity contribution in [2.24, 2.45) is 13.0 Å². The van der Waals surface area contributed by atoms with Gasteiger partial charge in [-0.3, -0.25) is 4.79 Å². The summed E-state index contributed by atoms with van der Waals surface area (Å²) >= 11 is 0. The van der Waals surface area contributed by atoms with Gasteiger partial charge < -0.3 is 19.5 Å². The van der Waals surface area contributed by atoms with Gasteiger partial charge in [-0.2, -0.15) is 5.26 Å². The Labute approximate surface area is 159 Å². The van der Waals surface area contributed by atoms with Crippen LogP contribution in [0.5, 0.6) is 0 Å². The molecule has 1 saturated heterocycles. The van der Waals surface area contributed by atoms with Gasteiger partial charge in [-0.05, 0) is 37.1 Å². The second-order valence-electron chi connectivity index (χ2n) is 6.75. The van der Waals surface area contributed by atoms with E-state index in [0.717, 1.165) is 24.2 Å². The number of benzene rings is 1. The molecular weight excluding hydrogens is 342 g/mol. The zero-order valence-electron chi connectivity index (χ0n) is 15.6. The number of hydrogen-bond donors (Lipinski definition) is 1. The molecule has 1 aliphatic rings. The van der Waals surface area contributed by atoms with Crippen LogP contribution in [0.4, 0.5) is 5.69 Å². The molecule has 2 aromatic rings. The third-order valence-electron chi connectivity index (χ3n) is 4.90. The van der Waals surface area contributed by atoms with E-state index in [1.165, 1.54) is 0 Å². The highest BCUT2D eigenvalue weighted by atomic mass is 16.5. The summed E-state index contributed by atoms with van der Waals surface area (Å²) in [5.74, 6) is 0.165. The minimum Gasteiger partial charge on any atom is -0.381 e. The molecule has 7 nitrogen and oxygen atoms in total. The van der Waals surface area contributed by atoms with Gasteiger partial charge in [-0.1, -0.05) is 0 Å². The van der Waals surface area contributed by atoms with Gasteiger partial charge in [0.2, 0.25) is 5.91 Å². The van der Waals surface area contributed by atoms with E-state index in [1.807, 2.05) is 42.1 Å². The van der Waals surface area contributed by atoms with Gasteiger partial charge in [-0.25, -0.2) is 4.98 Å². The minimum atomic E-state index is 0.0548. The summed E-state index contributed by atoms with van der Waals surface area (Å²) in [5.41, 5.74) is 2.72. The second-order valence-corrected chi connectivity index (χ2v) is 6.75. The second kappa shape index (κ2) is 9.19. The molecule has 1 amide bonds. The standard InChI is InChI=1S/C20H25N5O2/c1-24-15-22-13-19(24)14-25(18-4-2-16(12-21)3-5-18)9-8-23-20(26)17-6-10-27-11-7-17/h2-5,13,15,17H,6-11,14H2,1H3,(H,23,26). The number of nitriles is 1. The van der Waals surface area contributed by atoms with Gasteiger partial charge in [0.1, 0.15) is 0 Å². The fourth-order valence-electron chi connectivity index (χ4n) is 3.20. The van der Waals surface area contributed by atoms with E-state index in [-0.39, 0.29) is 11.8 Å². The number of aromatic nitrogens is 2. The van der Waals surface area contributed by atoms with Gasteiger partial charge in [0.25, 0.3) is 0 Å². The molecule has 0 atom stereocenters. The number of ether oxygens (including phenoxy) is 1. The van der Waals surface area contributed by atoms with Crippen molar-refractivity contribution in [3.8, 4) is 6.07 Å². The monoisotopic (exact) mass is 367 g/mol. The van der Waals surface area contributed by atoms with Crippen molar-refractivity contribution in [1.29, 1.82) is 5.26 Å². The van der Waals surface area contributed by atoms with Crippen LogP contribution in [0.3, 0.4) is 0 Å². The number of nitrogens with zero attached hydrogens (tertiary/aromatic N) is 4. The third-order valence-corrected chi connectivity index (χ3v) is 4.90. The van der Waals surface area contributed by atoms with Crippen molar-refractivity contribution in [2.45, 2.75) is 19.4 Å². The van der Waals surface area contributed by atoms with Gasteiger partial charge in [0, 0.05) is 51.2 Å². The lowest BCUT2D eigenvalue weighted by Crippen LogP contribution is -2.39. The Balaban J connectivity index is 1.63. The number of rotatable bonds is 7. The predicted octanol–water partition coefficient (Wildman–Crippen LogP) is 1.84. The van der Waals surface area contributed by atoms with Crippen LogP contribution < -0.4 is 10.2 Å². The molecule has 1 aromatic carbocycles. The normalized spacial score (nSPS) is 14.5. The Kier molecular flexibility index (Phi) is 6.44. The fourth-order valence-corrected chi connectivity index (χ4v) is 3.20. The van der Waals surface area contributed by atoms with Crippen molar-refractivity contribution >= 4 is 11.6 Å². The number of hydrogen-bond acceptors (Lipinski definition) is 5. The van der Waals surface area contributed by atoms with E-state index in [1.54, 1.807) is 6.33 Å². The molecule has 142 valence electrons. The van der Waals surface area contributed by atoms with Crippen molar-refractivity contribution < 1.29 is 9.53 Å². The molecule has 1 aromatic heterocycles. The molecule has 1 fully saturated rings. The molecule has 0 unspecified atom stereocenters. The maximum Gasteiger partial charge on any atom is 0.223 e. The molecule has 2 heterocycles. The summed E-state index contributed by atoms with van der Waals surface area (Å²) in [6, 6.07) is 9.65. The Morgan fingerprint density at radius 1 is 1.37 bits per heavy atom. The molecule has 27 heavy (non-hydrogen) atoms. The van der Waals surface area contributed by atoms with Crippen LogP contribution in [-0.4, -0.2) is 41.8 Å². The smallest absolute Gasteiger partial charge is 0.223 e. The Hall–Kier alpha value is -2.85. The van der Waals surface area contributed by atoms with Crippen LogP contribution >= 0.6 is 0 Å². The van der Waals surface area contributed by atoms with E-state index in [4.69, 9.17) is 10.00 Å². The first-order valence-electron chi connectivity index (χ1n) is 9.23. The number of imidazole rings is 1. The predicted molar refractivity (Wildman–Crippen MR) is 102 cm³/mol. The van der Waals surface area contributed by atoms with Crippen LogP contribution in [0, 0.1) is 17.2 Å².